The second-order valence-electron chi connectivity index (χ2n) is 12.6. The minimum absolute atomic E-state index is 0.289. The first kappa shape index (κ1) is 28.5. The summed E-state index contributed by atoms with van der Waals surface area (Å²) in [7, 11) is 0. The van der Waals surface area contributed by atoms with Crippen molar-refractivity contribution in [3.8, 4) is 11.5 Å². The lowest BCUT2D eigenvalue weighted by molar-refractivity contribution is 0.0897. The van der Waals surface area contributed by atoms with Gasteiger partial charge in [-0.25, -0.2) is 9.37 Å². The van der Waals surface area contributed by atoms with Gasteiger partial charge in [0.25, 0.3) is 0 Å². The van der Waals surface area contributed by atoms with Crippen LogP contribution < -0.4 is 14.4 Å². The molecule has 1 saturated heterocycles. The summed E-state index contributed by atoms with van der Waals surface area (Å²) in [6.45, 7) is 16.0. The van der Waals surface area contributed by atoms with Crippen molar-refractivity contribution in [2.45, 2.75) is 71.7 Å². The maximum absolute atomic E-state index is 14.9. The Labute approximate surface area is 248 Å². The number of hydrogen-bond donors (Lipinski definition) is 0. The summed E-state index contributed by atoms with van der Waals surface area (Å²) < 4.78 is 34.8. The zero-order valence-electron chi connectivity index (χ0n) is 25.6. The van der Waals surface area contributed by atoms with Gasteiger partial charge in [0.15, 0.2) is 24.4 Å². The summed E-state index contributed by atoms with van der Waals surface area (Å²) in [5.74, 6) is 2.93. The predicted octanol–water partition coefficient (Wildman–Crippen LogP) is 7.89. The highest BCUT2D eigenvalue weighted by Crippen LogP contribution is 2.43. The Bertz CT molecular complexity index is 1590. The molecule has 2 aliphatic rings. The fourth-order valence-corrected chi connectivity index (χ4v) is 6.30. The smallest absolute Gasteiger partial charge is 0.167 e. The molecule has 7 heteroatoms. The lowest BCUT2D eigenvalue weighted by Crippen LogP contribution is -2.37. The summed E-state index contributed by atoms with van der Waals surface area (Å²) in [5.41, 5.74) is 6.76. The van der Waals surface area contributed by atoms with Gasteiger partial charge in [0.2, 0.25) is 0 Å². The first-order valence-electron chi connectivity index (χ1n) is 15.1. The van der Waals surface area contributed by atoms with Crippen molar-refractivity contribution >= 4 is 16.7 Å². The molecule has 0 radical (unpaired) electrons. The van der Waals surface area contributed by atoms with Crippen LogP contribution in [-0.2, 0) is 17.0 Å². The van der Waals surface area contributed by atoms with Crippen LogP contribution in [0.15, 0.2) is 54.6 Å². The van der Waals surface area contributed by atoms with Gasteiger partial charge in [-0.3, -0.25) is 4.57 Å². The second kappa shape index (κ2) is 11.3. The van der Waals surface area contributed by atoms with Gasteiger partial charge in [-0.2, -0.15) is 0 Å². The van der Waals surface area contributed by atoms with E-state index >= 15 is 0 Å². The van der Waals surface area contributed by atoms with E-state index in [0.29, 0.717) is 24.3 Å². The number of halogens is 1. The van der Waals surface area contributed by atoms with Gasteiger partial charge in [-0.1, -0.05) is 58.0 Å². The minimum Gasteiger partial charge on any atom is -0.485 e. The summed E-state index contributed by atoms with van der Waals surface area (Å²) in [6.07, 6.45) is -0.289. The molecule has 3 aromatic carbocycles. The van der Waals surface area contributed by atoms with E-state index in [4.69, 9.17) is 19.2 Å². The number of alkyl halides is 1. The molecule has 0 aliphatic carbocycles. The van der Waals surface area contributed by atoms with Gasteiger partial charge in [-0.15, -0.1) is 0 Å². The van der Waals surface area contributed by atoms with Crippen molar-refractivity contribution in [3.63, 3.8) is 0 Å². The summed E-state index contributed by atoms with van der Waals surface area (Å²) in [6, 6.07) is 18.8. The van der Waals surface area contributed by atoms with Crippen LogP contribution >= 0.6 is 0 Å². The maximum atomic E-state index is 14.9. The first-order valence-corrected chi connectivity index (χ1v) is 15.1. The van der Waals surface area contributed by atoms with Gasteiger partial charge < -0.3 is 19.1 Å². The van der Waals surface area contributed by atoms with Crippen molar-refractivity contribution < 1.29 is 18.6 Å². The molecule has 1 fully saturated rings. The summed E-state index contributed by atoms with van der Waals surface area (Å²) in [4.78, 5) is 7.41. The van der Waals surface area contributed by atoms with Crippen molar-refractivity contribution in [2.75, 3.05) is 37.8 Å². The third kappa shape index (κ3) is 5.02. The molecule has 0 N–H and O–H groups in total. The Kier molecular flexibility index (Phi) is 7.64. The van der Waals surface area contributed by atoms with Crippen LogP contribution in [0.1, 0.15) is 87.6 Å². The molecule has 4 aromatic rings. The number of anilines is 1. The number of morpholine rings is 1. The number of nitrogens with zero attached hydrogens (tertiary/aromatic N) is 3. The van der Waals surface area contributed by atoms with E-state index < -0.39 is 12.2 Å². The Morgan fingerprint density at radius 1 is 0.952 bits per heavy atom. The van der Waals surface area contributed by atoms with E-state index in [1.807, 2.05) is 30.3 Å². The van der Waals surface area contributed by atoms with Gasteiger partial charge in [-0.05, 0) is 66.6 Å². The van der Waals surface area contributed by atoms with E-state index in [-0.39, 0.29) is 6.10 Å². The minimum atomic E-state index is -0.663. The van der Waals surface area contributed by atoms with E-state index in [0.717, 1.165) is 65.5 Å². The highest BCUT2D eigenvalue weighted by Gasteiger charge is 2.32. The topological polar surface area (TPSA) is 48.8 Å². The SMILES string of the molecule is CC(C)c1cc(C(C)(C)c2nc3ccc(C4COc5cccc(C(C)C)c5O4)cc3n2CF)ccc1N1CCOCC1. The van der Waals surface area contributed by atoms with Crippen LogP contribution in [0.3, 0.4) is 0 Å². The Hall–Kier alpha value is -3.58. The highest BCUT2D eigenvalue weighted by atomic mass is 19.1. The molecule has 6 rings (SSSR count). The maximum Gasteiger partial charge on any atom is 0.167 e. The van der Waals surface area contributed by atoms with Crippen LogP contribution in [0.5, 0.6) is 11.5 Å². The number of aromatic nitrogens is 2. The third-order valence-corrected chi connectivity index (χ3v) is 8.83. The standard InChI is InChI=1S/C35H42FN3O3/c1-22(2)26-8-7-9-31-33(26)42-32(20-41-31)24-10-12-28-30(18-24)39(21-36)34(37-28)35(5,6)25-11-13-29(27(19-25)23(3)4)38-14-16-40-17-15-38/h7-13,18-19,22-23,32H,14-17,20-21H2,1-6H3. The molecule has 2 aliphatic heterocycles. The molecule has 0 amide bonds. The van der Waals surface area contributed by atoms with Gasteiger partial charge >= 0.3 is 0 Å². The molecular weight excluding hydrogens is 529 g/mol. The number of imidazole rings is 1. The molecule has 1 atom stereocenters. The fraction of sp³-hybridized carbons (Fsp3) is 0.457. The average Bonchev–Trinajstić information content (AvgIpc) is 3.39. The summed E-state index contributed by atoms with van der Waals surface area (Å²) >= 11 is 0. The highest BCUT2D eigenvalue weighted by molar-refractivity contribution is 5.78. The zero-order chi connectivity index (χ0) is 29.6. The van der Waals surface area contributed by atoms with E-state index in [1.54, 1.807) is 4.57 Å². The predicted molar refractivity (Wildman–Crippen MR) is 166 cm³/mol. The normalized spacial score (nSPS) is 17.5. The number of ether oxygens (including phenoxy) is 3. The average molecular weight is 572 g/mol. The van der Waals surface area contributed by atoms with Gasteiger partial charge in [0.05, 0.1) is 24.2 Å². The van der Waals surface area contributed by atoms with Crippen LogP contribution in [-0.4, -0.2) is 42.5 Å². The molecule has 0 saturated carbocycles. The fourth-order valence-electron chi connectivity index (χ4n) is 6.30. The van der Waals surface area contributed by atoms with Crippen molar-refractivity contribution in [1.29, 1.82) is 0 Å². The quantitative estimate of drug-likeness (QED) is 0.226. The monoisotopic (exact) mass is 571 g/mol. The molecule has 42 heavy (non-hydrogen) atoms. The van der Waals surface area contributed by atoms with Gasteiger partial charge in [0, 0.05) is 29.8 Å². The van der Waals surface area contributed by atoms with Crippen LogP contribution in [0.2, 0.25) is 0 Å². The van der Waals surface area contributed by atoms with Crippen LogP contribution in [0.4, 0.5) is 10.1 Å². The molecule has 1 aromatic heterocycles. The lowest BCUT2D eigenvalue weighted by atomic mass is 9.81. The molecule has 6 nitrogen and oxygen atoms in total. The Morgan fingerprint density at radius 3 is 2.43 bits per heavy atom. The van der Waals surface area contributed by atoms with Crippen molar-refractivity contribution in [2.24, 2.45) is 0 Å². The number of benzene rings is 3. The van der Waals surface area contributed by atoms with Gasteiger partial charge in [0.1, 0.15) is 12.4 Å². The lowest BCUT2D eigenvalue weighted by Gasteiger charge is -2.33. The second-order valence-corrected chi connectivity index (χ2v) is 12.6. The molecule has 0 bridgehead atoms. The number of hydrogen-bond acceptors (Lipinski definition) is 5. The number of fused-ring (bicyclic) bond motifs is 2. The summed E-state index contributed by atoms with van der Waals surface area (Å²) in [5, 5.41) is 0. The third-order valence-electron chi connectivity index (χ3n) is 8.83. The number of rotatable bonds is 7. The Balaban J connectivity index is 1.36. The largest absolute Gasteiger partial charge is 0.485 e. The first-order chi connectivity index (χ1) is 20.2. The van der Waals surface area contributed by atoms with E-state index in [2.05, 4.69) is 70.7 Å². The van der Waals surface area contributed by atoms with E-state index in [1.165, 1.54) is 11.3 Å². The number of para-hydroxylation sites is 1. The van der Waals surface area contributed by atoms with Crippen LogP contribution in [0.25, 0.3) is 11.0 Å². The molecule has 3 heterocycles. The van der Waals surface area contributed by atoms with E-state index in [9.17, 15) is 4.39 Å². The van der Waals surface area contributed by atoms with Crippen molar-refractivity contribution in [1.82, 2.24) is 9.55 Å². The molecule has 222 valence electrons. The van der Waals surface area contributed by atoms with Crippen molar-refractivity contribution in [3.05, 3.63) is 82.7 Å². The zero-order valence-corrected chi connectivity index (χ0v) is 25.6. The molecular formula is C35H42FN3O3. The Morgan fingerprint density at radius 2 is 1.71 bits per heavy atom. The molecule has 1 unspecified atom stereocenters. The van der Waals surface area contributed by atoms with Crippen LogP contribution in [0, 0.1) is 0 Å². The molecule has 0 spiro atoms.